The fraction of sp³-hybridized carbons (Fsp3) is 0.625. The topological polar surface area (TPSA) is 32.3 Å². The Morgan fingerprint density at radius 2 is 1.72 bits per heavy atom. The molecule has 0 aliphatic rings. The van der Waals surface area contributed by atoms with E-state index < -0.39 is 0 Å². The molecule has 18 heavy (non-hydrogen) atoms. The van der Waals surface area contributed by atoms with Crippen LogP contribution in [-0.4, -0.2) is 18.3 Å². The predicted molar refractivity (Wildman–Crippen MR) is 79.1 cm³/mol. The predicted octanol–water partition coefficient (Wildman–Crippen LogP) is 3.88. The molecule has 0 aliphatic carbocycles. The lowest BCUT2D eigenvalue weighted by molar-refractivity contribution is 0.198. The van der Waals surface area contributed by atoms with Crippen molar-refractivity contribution in [2.45, 2.75) is 40.0 Å². The minimum atomic E-state index is 0.246. The van der Waals surface area contributed by atoms with Gasteiger partial charge < -0.3 is 10.4 Å². The third kappa shape index (κ3) is 4.34. The highest BCUT2D eigenvalue weighted by Gasteiger charge is 2.11. The molecule has 0 bridgehead atoms. The second kappa shape index (κ2) is 7.42. The number of nitrogens with one attached hydrogen (secondary N) is 1. The van der Waals surface area contributed by atoms with E-state index in [4.69, 9.17) is 0 Å². The van der Waals surface area contributed by atoms with Gasteiger partial charge in [0.15, 0.2) is 0 Å². The summed E-state index contributed by atoms with van der Waals surface area (Å²) in [5.74, 6) is 1.45. The van der Waals surface area contributed by atoms with Crippen molar-refractivity contribution in [2.75, 3.05) is 18.5 Å². The average Bonchev–Trinajstić information content (AvgIpc) is 2.39. The fourth-order valence-electron chi connectivity index (χ4n) is 1.93. The molecule has 0 aromatic heterocycles. The molecule has 0 spiro atoms. The van der Waals surface area contributed by atoms with E-state index in [1.807, 2.05) is 0 Å². The molecule has 0 fully saturated rings. The second-order valence-electron chi connectivity index (χ2n) is 5.50. The van der Waals surface area contributed by atoms with Crippen LogP contribution in [-0.2, 0) is 0 Å². The Kier molecular flexibility index (Phi) is 6.20. The van der Waals surface area contributed by atoms with Crippen LogP contribution in [0.2, 0.25) is 0 Å². The summed E-state index contributed by atoms with van der Waals surface area (Å²) in [6.07, 6.45) is 1.17. The van der Waals surface area contributed by atoms with Crippen molar-refractivity contribution in [3.63, 3.8) is 0 Å². The van der Waals surface area contributed by atoms with E-state index in [0.29, 0.717) is 17.8 Å². The summed E-state index contributed by atoms with van der Waals surface area (Å²) in [5.41, 5.74) is 2.53. The van der Waals surface area contributed by atoms with Gasteiger partial charge in [-0.2, -0.15) is 0 Å². The molecule has 1 aromatic carbocycles. The van der Waals surface area contributed by atoms with Crippen molar-refractivity contribution in [1.82, 2.24) is 0 Å². The van der Waals surface area contributed by atoms with Crippen LogP contribution in [0.15, 0.2) is 24.3 Å². The Bertz CT molecular complexity index is 331. The lowest BCUT2D eigenvalue weighted by atomic mass is 9.96. The van der Waals surface area contributed by atoms with E-state index in [0.717, 1.165) is 12.2 Å². The molecule has 2 unspecified atom stereocenters. The van der Waals surface area contributed by atoms with Crippen LogP contribution in [0, 0.1) is 11.8 Å². The molecule has 0 saturated heterocycles. The Balaban J connectivity index is 2.53. The van der Waals surface area contributed by atoms with E-state index in [-0.39, 0.29) is 6.61 Å². The summed E-state index contributed by atoms with van der Waals surface area (Å²) in [5, 5.41) is 12.7. The quantitative estimate of drug-likeness (QED) is 0.768. The smallest absolute Gasteiger partial charge is 0.0478 e. The first-order valence-corrected chi connectivity index (χ1v) is 7.03. The number of anilines is 1. The van der Waals surface area contributed by atoms with E-state index in [9.17, 15) is 5.11 Å². The van der Waals surface area contributed by atoms with Crippen LogP contribution < -0.4 is 5.32 Å². The van der Waals surface area contributed by atoms with Crippen molar-refractivity contribution in [3.05, 3.63) is 29.8 Å². The molecule has 2 N–H and O–H groups in total. The molecule has 0 amide bonds. The van der Waals surface area contributed by atoms with Gasteiger partial charge in [-0.25, -0.2) is 0 Å². The molecule has 0 heterocycles. The van der Waals surface area contributed by atoms with Crippen LogP contribution in [0.3, 0.4) is 0 Å². The van der Waals surface area contributed by atoms with Crippen molar-refractivity contribution in [3.8, 4) is 0 Å². The second-order valence-corrected chi connectivity index (χ2v) is 5.50. The number of aliphatic hydroxyl groups is 1. The minimum absolute atomic E-state index is 0.246. The molecule has 0 aliphatic heterocycles. The molecule has 1 rings (SSSR count). The number of benzene rings is 1. The van der Waals surface area contributed by atoms with Gasteiger partial charge in [-0.1, -0.05) is 39.8 Å². The van der Waals surface area contributed by atoms with E-state index in [2.05, 4.69) is 57.3 Å². The maximum Gasteiger partial charge on any atom is 0.0478 e. The number of rotatable bonds is 7. The summed E-state index contributed by atoms with van der Waals surface area (Å²) in [4.78, 5) is 0. The van der Waals surface area contributed by atoms with Gasteiger partial charge in [0, 0.05) is 24.8 Å². The van der Waals surface area contributed by atoms with E-state index in [1.54, 1.807) is 0 Å². The summed E-state index contributed by atoms with van der Waals surface area (Å²) in [7, 11) is 0. The molecular weight excluding hydrogens is 222 g/mol. The third-order valence-corrected chi connectivity index (χ3v) is 3.84. The monoisotopic (exact) mass is 249 g/mol. The average molecular weight is 249 g/mol. The van der Waals surface area contributed by atoms with Crippen LogP contribution in [0.1, 0.15) is 45.6 Å². The molecule has 2 atom stereocenters. The fourth-order valence-corrected chi connectivity index (χ4v) is 1.93. The first-order valence-electron chi connectivity index (χ1n) is 7.03. The lowest BCUT2D eigenvalue weighted by Crippen LogP contribution is -2.22. The van der Waals surface area contributed by atoms with Crippen LogP contribution >= 0.6 is 0 Å². The molecule has 102 valence electrons. The molecule has 2 nitrogen and oxygen atoms in total. The third-order valence-electron chi connectivity index (χ3n) is 3.84. The molecular formula is C16H27NO. The van der Waals surface area contributed by atoms with Gasteiger partial charge in [0.2, 0.25) is 0 Å². The summed E-state index contributed by atoms with van der Waals surface area (Å²) in [6.45, 7) is 9.84. The van der Waals surface area contributed by atoms with Crippen LogP contribution in [0.5, 0.6) is 0 Å². The van der Waals surface area contributed by atoms with E-state index >= 15 is 0 Å². The van der Waals surface area contributed by atoms with Gasteiger partial charge >= 0.3 is 0 Å². The Hall–Kier alpha value is -1.02. The van der Waals surface area contributed by atoms with Crippen molar-refractivity contribution >= 4 is 5.69 Å². The van der Waals surface area contributed by atoms with Crippen molar-refractivity contribution in [1.29, 1.82) is 0 Å². The summed E-state index contributed by atoms with van der Waals surface area (Å²) >= 11 is 0. The Morgan fingerprint density at radius 3 is 2.17 bits per heavy atom. The van der Waals surface area contributed by atoms with Gasteiger partial charge in [0.25, 0.3) is 0 Å². The van der Waals surface area contributed by atoms with Crippen LogP contribution in [0.4, 0.5) is 5.69 Å². The maximum absolute atomic E-state index is 9.28. The normalized spacial score (nSPS) is 14.6. The minimum Gasteiger partial charge on any atom is -0.396 e. The lowest BCUT2D eigenvalue weighted by Gasteiger charge is -2.19. The van der Waals surface area contributed by atoms with Crippen molar-refractivity contribution in [2.24, 2.45) is 11.8 Å². The number of hydrogen-bond acceptors (Lipinski definition) is 2. The largest absolute Gasteiger partial charge is 0.396 e. The number of hydrogen-bond donors (Lipinski definition) is 2. The molecule has 1 aromatic rings. The highest BCUT2D eigenvalue weighted by Crippen LogP contribution is 2.21. The van der Waals surface area contributed by atoms with E-state index in [1.165, 1.54) is 12.0 Å². The van der Waals surface area contributed by atoms with Gasteiger partial charge in [-0.15, -0.1) is 0 Å². The zero-order valence-electron chi connectivity index (χ0n) is 12.1. The first kappa shape index (κ1) is 15.0. The Morgan fingerprint density at radius 1 is 1.11 bits per heavy atom. The molecule has 0 saturated carbocycles. The molecule has 0 radical (unpaired) electrons. The highest BCUT2D eigenvalue weighted by molar-refractivity contribution is 5.45. The summed E-state index contributed by atoms with van der Waals surface area (Å²) in [6, 6.07) is 8.66. The number of aliphatic hydroxyl groups excluding tert-OH is 1. The molecule has 2 heteroatoms. The van der Waals surface area contributed by atoms with Gasteiger partial charge in [0.05, 0.1) is 0 Å². The van der Waals surface area contributed by atoms with Crippen LogP contribution in [0.25, 0.3) is 0 Å². The SMILES string of the molecule is CCC(C)c1ccc(NCC(CO)C(C)C)cc1. The maximum atomic E-state index is 9.28. The van der Waals surface area contributed by atoms with Crippen molar-refractivity contribution < 1.29 is 5.11 Å². The standard InChI is InChI=1S/C16H27NO/c1-5-13(4)14-6-8-16(9-7-14)17-10-15(11-18)12(2)3/h6-9,12-13,15,17-18H,5,10-11H2,1-4H3. The zero-order chi connectivity index (χ0) is 13.5. The first-order chi connectivity index (χ1) is 8.58. The summed E-state index contributed by atoms with van der Waals surface area (Å²) < 4.78 is 0. The Labute approximate surface area is 111 Å². The van der Waals surface area contributed by atoms with Gasteiger partial charge in [-0.05, 0) is 36.0 Å². The van der Waals surface area contributed by atoms with Gasteiger partial charge in [0.1, 0.15) is 0 Å². The zero-order valence-corrected chi connectivity index (χ0v) is 12.1. The highest BCUT2D eigenvalue weighted by atomic mass is 16.3. The van der Waals surface area contributed by atoms with Gasteiger partial charge in [-0.3, -0.25) is 0 Å².